The first kappa shape index (κ1) is 9.66. The van der Waals surface area contributed by atoms with Gasteiger partial charge in [0.15, 0.2) is 0 Å². The summed E-state index contributed by atoms with van der Waals surface area (Å²) in [5.41, 5.74) is 0. The largest absolute Gasteiger partial charge is 0.217 e. The van der Waals surface area contributed by atoms with Crippen LogP contribution in [0.1, 0.15) is 13.3 Å². The molecule has 0 aliphatic carbocycles. The molecule has 1 N–H and O–H groups in total. The zero-order valence-electron chi connectivity index (χ0n) is 6.71. The highest BCUT2D eigenvalue weighted by Crippen LogP contribution is 2.01. The molecule has 1 unspecified atom stereocenters. The maximum Gasteiger partial charge on any atom is 0.127 e. The molecule has 0 aromatic carbocycles. The first-order valence-corrected chi connectivity index (χ1v) is 3.67. The highest BCUT2D eigenvalue weighted by Gasteiger charge is 2.18. The van der Waals surface area contributed by atoms with Crippen molar-refractivity contribution in [2.45, 2.75) is 13.3 Å². The Bertz CT molecular complexity index is 103. The molecule has 0 heterocycles. The summed E-state index contributed by atoms with van der Waals surface area (Å²) in [6.07, 6.45) is 2.50. The topological polar surface area (TPSA) is 20.2 Å². The van der Waals surface area contributed by atoms with Crippen LogP contribution >= 0.6 is 0 Å². The Hall–Kier alpha value is -0.340. The molecule has 10 heavy (non-hydrogen) atoms. The molecule has 2 heteroatoms. The van der Waals surface area contributed by atoms with Crippen LogP contribution in [0.25, 0.3) is 0 Å². The molecule has 0 saturated carbocycles. The zero-order chi connectivity index (χ0) is 8.04. The normalized spacial score (nSPS) is 16.3. The van der Waals surface area contributed by atoms with E-state index >= 15 is 0 Å². The SMILES string of the molecule is [CH2]CC[N+](O)(CC)CC=C. The number of nitrogens with zero attached hydrogens (tertiary/aromatic N) is 1. The molecule has 0 fully saturated rings. The first-order valence-electron chi connectivity index (χ1n) is 3.67. The summed E-state index contributed by atoms with van der Waals surface area (Å²) in [5, 5.41) is 9.65. The molecule has 59 valence electrons. The minimum absolute atomic E-state index is 0.0764. The van der Waals surface area contributed by atoms with Crippen molar-refractivity contribution in [3.05, 3.63) is 19.6 Å². The van der Waals surface area contributed by atoms with Crippen LogP contribution in [0.15, 0.2) is 12.7 Å². The number of rotatable bonds is 5. The summed E-state index contributed by atoms with van der Waals surface area (Å²) in [7, 11) is 0. The standard InChI is InChI=1S/C8H17NO/c1-4-7-9(10,6-3)8-5-2/h4,10H,1-2,5-8H2,3H3/q+1. The molecule has 0 aliphatic rings. The van der Waals surface area contributed by atoms with Gasteiger partial charge in [-0.1, -0.05) is 6.58 Å². The summed E-state index contributed by atoms with van der Waals surface area (Å²) in [6, 6.07) is 0. The second-order valence-corrected chi connectivity index (χ2v) is 2.46. The van der Waals surface area contributed by atoms with Gasteiger partial charge < -0.3 is 0 Å². The monoisotopic (exact) mass is 143 g/mol. The van der Waals surface area contributed by atoms with Crippen LogP contribution in [-0.2, 0) is 0 Å². The third kappa shape index (κ3) is 2.99. The van der Waals surface area contributed by atoms with Gasteiger partial charge >= 0.3 is 0 Å². The van der Waals surface area contributed by atoms with Gasteiger partial charge in [0.25, 0.3) is 0 Å². The van der Waals surface area contributed by atoms with Crippen molar-refractivity contribution in [2.75, 3.05) is 19.6 Å². The van der Waals surface area contributed by atoms with Crippen LogP contribution in [0.5, 0.6) is 0 Å². The molecule has 0 aliphatic heterocycles. The lowest BCUT2D eigenvalue weighted by Crippen LogP contribution is -2.45. The number of quaternary nitrogens is 1. The lowest BCUT2D eigenvalue weighted by atomic mass is 10.4. The molecular formula is C8H17NO+. The Morgan fingerprint density at radius 3 is 2.50 bits per heavy atom. The van der Waals surface area contributed by atoms with Gasteiger partial charge in [-0.3, -0.25) is 0 Å². The van der Waals surface area contributed by atoms with Crippen LogP contribution in [0.2, 0.25) is 0 Å². The maximum atomic E-state index is 9.65. The van der Waals surface area contributed by atoms with E-state index in [1.807, 2.05) is 6.92 Å². The van der Waals surface area contributed by atoms with Gasteiger partial charge in [-0.2, -0.15) is 4.65 Å². The zero-order valence-corrected chi connectivity index (χ0v) is 6.71. The Labute approximate surface area is 63.3 Å². The van der Waals surface area contributed by atoms with Crippen LogP contribution in [-0.4, -0.2) is 29.5 Å². The van der Waals surface area contributed by atoms with E-state index in [4.69, 9.17) is 0 Å². The number of hydrogen-bond donors (Lipinski definition) is 1. The number of hydrogen-bond acceptors (Lipinski definition) is 1. The van der Waals surface area contributed by atoms with Gasteiger partial charge in [-0.15, -0.1) is 0 Å². The highest BCUT2D eigenvalue weighted by molar-refractivity contribution is 4.64. The van der Waals surface area contributed by atoms with Gasteiger partial charge in [0.05, 0.1) is 0 Å². The molecular weight excluding hydrogens is 126 g/mol. The molecule has 0 amide bonds. The van der Waals surface area contributed by atoms with Crippen LogP contribution in [0.3, 0.4) is 0 Å². The van der Waals surface area contributed by atoms with E-state index in [-0.39, 0.29) is 4.65 Å². The van der Waals surface area contributed by atoms with Crippen molar-refractivity contribution in [3.63, 3.8) is 0 Å². The molecule has 0 aromatic heterocycles. The molecule has 0 spiro atoms. The maximum absolute atomic E-state index is 9.65. The highest BCUT2D eigenvalue weighted by atomic mass is 16.5. The molecule has 1 radical (unpaired) electrons. The third-order valence-corrected chi connectivity index (χ3v) is 1.63. The van der Waals surface area contributed by atoms with Gasteiger partial charge in [0, 0.05) is 0 Å². The van der Waals surface area contributed by atoms with E-state index in [0.717, 1.165) is 13.0 Å². The smallest absolute Gasteiger partial charge is 0.127 e. The van der Waals surface area contributed by atoms with Crippen molar-refractivity contribution >= 4 is 0 Å². The summed E-state index contributed by atoms with van der Waals surface area (Å²) >= 11 is 0. The van der Waals surface area contributed by atoms with E-state index in [9.17, 15) is 5.21 Å². The second kappa shape index (κ2) is 4.47. The lowest BCUT2D eigenvalue weighted by Gasteiger charge is -2.26. The van der Waals surface area contributed by atoms with Gasteiger partial charge in [0.1, 0.15) is 19.6 Å². The minimum Gasteiger partial charge on any atom is -0.217 e. The van der Waals surface area contributed by atoms with Crippen molar-refractivity contribution in [1.82, 2.24) is 0 Å². The Kier molecular flexibility index (Phi) is 4.32. The van der Waals surface area contributed by atoms with Crippen LogP contribution < -0.4 is 0 Å². The fraction of sp³-hybridized carbons (Fsp3) is 0.625. The van der Waals surface area contributed by atoms with E-state index < -0.39 is 0 Å². The van der Waals surface area contributed by atoms with E-state index in [1.54, 1.807) is 6.08 Å². The fourth-order valence-corrected chi connectivity index (χ4v) is 0.913. The summed E-state index contributed by atoms with van der Waals surface area (Å²) in [5.74, 6) is 0. The van der Waals surface area contributed by atoms with Crippen molar-refractivity contribution in [3.8, 4) is 0 Å². The van der Waals surface area contributed by atoms with Crippen LogP contribution in [0, 0.1) is 6.92 Å². The molecule has 0 aromatic rings. The first-order chi connectivity index (χ1) is 4.68. The van der Waals surface area contributed by atoms with E-state index in [1.165, 1.54) is 0 Å². The Morgan fingerprint density at radius 1 is 1.60 bits per heavy atom. The third-order valence-electron chi connectivity index (χ3n) is 1.63. The summed E-state index contributed by atoms with van der Waals surface area (Å²) < 4.78 is 0.0764. The van der Waals surface area contributed by atoms with Gasteiger partial charge in [-0.25, -0.2) is 5.21 Å². The van der Waals surface area contributed by atoms with E-state index in [0.29, 0.717) is 13.1 Å². The number of likely N-dealkylation sites (N-methyl/N-ethyl adjacent to an activating group) is 1. The Morgan fingerprint density at radius 2 is 2.20 bits per heavy atom. The van der Waals surface area contributed by atoms with Crippen molar-refractivity contribution in [2.24, 2.45) is 0 Å². The van der Waals surface area contributed by atoms with Crippen molar-refractivity contribution in [1.29, 1.82) is 0 Å². The molecule has 2 nitrogen and oxygen atoms in total. The fourth-order valence-electron chi connectivity index (χ4n) is 0.913. The molecule has 0 bridgehead atoms. The number of hydroxylamine groups is 3. The average molecular weight is 143 g/mol. The molecule has 0 rings (SSSR count). The predicted octanol–water partition coefficient (Wildman–Crippen LogP) is 1.62. The lowest BCUT2D eigenvalue weighted by molar-refractivity contribution is -1.10. The van der Waals surface area contributed by atoms with Crippen LogP contribution in [0.4, 0.5) is 0 Å². The average Bonchev–Trinajstić information content (AvgIpc) is 1.89. The Balaban J connectivity index is 3.80. The second-order valence-electron chi connectivity index (χ2n) is 2.46. The molecule has 1 atom stereocenters. The quantitative estimate of drug-likeness (QED) is 0.352. The summed E-state index contributed by atoms with van der Waals surface area (Å²) in [4.78, 5) is 0. The molecule has 0 saturated heterocycles. The van der Waals surface area contributed by atoms with Gasteiger partial charge in [0.2, 0.25) is 0 Å². The minimum atomic E-state index is 0.0764. The van der Waals surface area contributed by atoms with E-state index in [2.05, 4.69) is 13.5 Å². The van der Waals surface area contributed by atoms with Crippen molar-refractivity contribution < 1.29 is 9.85 Å². The predicted molar refractivity (Wildman–Crippen MR) is 42.5 cm³/mol. The summed E-state index contributed by atoms with van der Waals surface area (Å²) in [6.45, 7) is 11.3. The van der Waals surface area contributed by atoms with Gasteiger partial charge in [-0.05, 0) is 26.3 Å².